The van der Waals surface area contributed by atoms with Crippen LogP contribution in [0.25, 0.3) is 5.69 Å². The first kappa shape index (κ1) is 13.6. The second kappa shape index (κ2) is 5.97. The van der Waals surface area contributed by atoms with E-state index in [0.717, 1.165) is 22.6 Å². The van der Waals surface area contributed by atoms with Gasteiger partial charge in [0.1, 0.15) is 5.15 Å². The van der Waals surface area contributed by atoms with E-state index < -0.39 is 0 Å². The number of anilines is 1. The third kappa shape index (κ3) is 3.23. The Morgan fingerprint density at radius 1 is 1.14 bits per heavy atom. The number of rotatable bonds is 4. The van der Waals surface area contributed by atoms with E-state index in [1.807, 2.05) is 60.4 Å². The number of hydrogen-bond acceptors (Lipinski definition) is 3. The average Bonchev–Trinajstić information content (AvgIpc) is 2.96. The van der Waals surface area contributed by atoms with Crippen molar-refractivity contribution >= 4 is 17.3 Å². The highest BCUT2D eigenvalue weighted by molar-refractivity contribution is 6.29. The van der Waals surface area contributed by atoms with Gasteiger partial charge in [0.2, 0.25) is 0 Å². The molecule has 2 aromatic heterocycles. The van der Waals surface area contributed by atoms with Crippen LogP contribution in [0, 0.1) is 6.92 Å². The van der Waals surface area contributed by atoms with Gasteiger partial charge in [-0.05, 0) is 31.2 Å². The number of nitrogens with zero attached hydrogens (tertiary/aromatic N) is 3. The summed E-state index contributed by atoms with van der Waals surface area (Å²) < 4.78 is 1.87. The predicted molar refractivity (Wildman–Crippen MR) is 84.9 cm³/mol. The number of aromatic nitrogens is 3. The van der Waals surface area contributed by atoms with Crippen LogP contribution >= 0.6 is 11.6 Å². The highest BCUT2D eigenvalue weighted by Crippen LogP contribution is 2.17. The maximum absolute atomic E-state index is 5.85. The summed E-state index contributed by atoms with van der Waals surface area (Å²) in [7, 11) is 0. The van der Waals surface area contributed by atoms with E-state index in [0.29, 0.717) is 11.7 Å². The van der Waals surface area contributed by atoms with E-state index in [9.17, 15) is 0 Å². The smallest absolute Gasteiger partial charge is 0.129 e. The SMILES string of the molecule is Cc1nc(Cl)ccc1NCc1cnn(-c2ccccc2)c1. The minimum atomic E-state index is 0.509. The summed E-state index contributed by atoms with van der Waals surface area (Å²) in [6.07, 6.45) is 3.87. The van der Waals surface area contributed by atoms with Gasteiger partial charge in [0.15, 0.2) is 0 Å². The summed E-state index contributed by atoms with van der Waals surface area (Å²) >= 11 is 5.85. The van der Waals surface area contributed by atoms with E-state index in [4.69, 9.17) is 11.6 Å². The fourth-order valence-electron chi connectivity index (χ4n) is 2.09. The molecule has 106 valence electrons. The molecule has 0 saturated carbocycles. The standard InChI is InChI=1S/C16H15ClN4/c1-12-15(7-8-16(17)20-12)18-9-13-10-19-21(11-13)14-5-3-2-4-6-14/h2-8,10-11,18H,9H2,1H3. The van der Waals surface area contributed by atoms with Crippen molar-refractivity contribution in [3.63, 3.8) is 0 Å². The van der Waals surface area contributed by atoms with E-state index in [1.54, 1.807) is 6.07 Å². The van der Waals surface area contributed by atoms with Crippen LogP contribution in [-0.4, -0.2) is 14.8 Å². The van der Waals surface area contributed by atoms with E-state index in [2.05, 4.69) is 15.4 Å². The number of hydrogen-bond donors (Lipinski definition) is 1. The second-order valence-electron chi connectivity index (χ2n) is 4.75. The average molecular weight is 299 g/mol. The molecule has 0 radical (unpaired) electrons. The third-order valence-electron chi connectivity index (χ3n) is 3.19. The Hall–Kier alpha value is -2.33. The van der Waals surface area contributed by atoms with Crippen LogP contribution in [0.1, 0.15) is 11.3 Å². The monoisotopic (exact) mass is 298 g/mol. The summed E-state index contributed by atoms with van der Waals surface area (Å²) in [6.45, 7) is 2.62. The van der Waals surface area contributed by atoms with Crippen molar-refractivity contribution in [2.45, 2.75) is 13.5 Å². The topological polar surface area (TPSA) is 42.7 Å². The number of nitrogens with one attached hydrogen (secondary N) is 1. The molecule has 3 aromatic rings. The quantitative estimate of drug-likeness (QED) is 0.744. The molecular formula is C16H15ClN4. The molecular weight excluding hydrogens is 284 g/mol. The Labute approximate surface area is 128 Å². The summed E-state index contributed by atoms with van der Waals surface area (Å²) in [5.74, 6) is 0. The van der Waals surface area contributed by atoms with Crippen molar-refractivity contribution in [1.82, 2.24) is 14.8 Å². The van der Waals surface area contributed by atoms with Gasteiger partial charge >= 0.3 is 0 Å². The van der Waals surface area contributed by atoms with Crippen molar-refractivity contribution in [3.05, 3.63) is 71.3 Å². The van der Waals surface area contributed by atoms with Crippen LogP contribution < -0.4 is 5.32 Å². The van der Waals surface area contributed by atoms with Crippen molar-refractivity contribution in [2.75, 3.05) is 5.32 Å². The molecule has 1 aromatic carbocycles. The molecule has 0 spiro atoms. The maximum Gasteiger partial charge on any atom is 0.129 e. The normalized spacial score (nSPS) is 10.6. The van der Waals surface area contributed by atoms with Crippen LogP contribution in [0.15, 0.2) is 54.9 Å². The lowest BCUT2D eigenvalue weighted by Gasteiger charge is -2.07. The fraction of sp³-hybridized carbons (Fsp3) is 0.125. The zero-order valence-corrected chi connectivity index (χ0v) is 12.4. The molecule has 21 heavy (non-hydrogen) atoms. The Bertz CT molecular complexity index is 737. The number of pyridine rings is 1. The number of benzene rings is 1. The van der Waals surface area contributed by atoms with Gasteiger partial charge in [-0.25, -0.2) is 9.67 Å². The van der Waals surface area contributed by atoms with Gasteiger partial charge < -0.3 is 5.32 Å². The summed E-state index contributed by atoms with van der Waals surface area (Å²) in [4.78, 5) is 4.22. The molecule has 0 aliphatic heterocycles. The predicted octanol–water partition coefficient (Wildman–Crippen LogP) is 3.84. The molecule has 0 amide bonds. The molecule has 0 atom stereocenters. The van der Waals surface area contributed by atoms with Crippen LogP contribution in [0.5, 0.6) is 0 Å². The molecule has 4 nitrogen and oxygen atoms in total. The number of aryl methyl sites for hydroxylation is 1. The summed E-state index contributed by atoms with van der Waals surface area (Å²) in [5, 5.41) is 8.23. The summed E-state index contributed by atoms with van der Waals surface area (Å²) in [5.41, 5.74) is 4.02. The molecule has 0 aliphatic rings. The number of para-hydroxylation sites is 1. The van der Waals surface area contributed by atoms with Gasteiger partial charge in [0.25, 0.3) is 0 Å². The van der Waals surface area contributed by atoms with E-state index >= 15 is 0 Å². The molecule has 2 heterocycles. The minimum Gasteiger partial charge on any atom is -0.379 e. The largest absolute Gasteiger partial charge is 0.379 e. The molecule has 5 heteroatoms. The van der Waals surface area contributed by atoms with Gasteiger partial charge in [-0.3, -0.25) is 0 Å². The molecule has 0 unspecified atom stereocenters. The summed E-state index contributed by atoms with van der Waals surface area (Å²) in [6, 6.07) is 13.8. The Kier molecular flexibility index (Phi) is 3.88. The van der Waals surface area contributed by atoms with Crippen molar-refractivity contribution in [1.29, 1.82) is 0 Å². The molecule has 0 aliphatic carbocycles. The Morgan fingerprint density at radius 3 is 2.71 bits per heavy atom. The zero-order chi connectivity index (χ0) is 14.7. The van der Waals surface area contributed by atoms with Crippen LogP contribution in [0.4, 0.5) is 5.69 Å². The van der Waals surface area contributed by atoms with Gasteiger partial charge in [-0.1, -0.05) is 29.8 Å². The molecule has 3 rings (SSSR count). The maximum atomic E-state index is 5.85. The highest BCUT2D eigenvalue weighted by atomic mass is 35.5. The van der Waals surface area contributed by atoms with Gasteiger partial charge in [0.05, 0.1) is 23.3 Å². The minimum absolute atomic E-state index is 0.509. The number of halogens is 1. The first-order valence-corrected chi connectivity index (χ1v) is 7.06. The van der Waals surface area contributed by atoms with E-state index in [1.165, 1.54) is 0 Å². The molecule has 0 saturated heterocycles. The van der Waals surface area contributed by atoms with E-state index in [-0.39, 0.29) is 0 Å². The second-order valence-corrected chi connectivity index (χ2v) is 5.14. The van der Waals surface area contributed by atoms with Gasteiger partial charge in [-0.15, -0.1) is 0 Å². The molecule has 0 bridgehead atoms. The lowest BCUT2D eigenvalue weighted by Crippen LogP contribution is -2.01. The lowest BCUT2D eigenvalue weighted by atomic mass is 10.3. The zero-order valence-electron chi connectivity index (χ0n) is 11.6. The molecule has 1 N–H and O–H groups in total. The van der Waals surface area contributed by atoms with Gasteiger partial charge in [-0.2, -0.15) is 5.10 Å². The van der Waals surface area contributed by atoms with Crippen molar-refractivity contribution in [3.8, 4) is 5.69 Å². The van der Waals surface area contributed by atoms with Crippen LogP contribution in [0.3, 0.4) is 0 Å². The molecule has 0 fully saturated rings. The fourth-order valence-corrected chi connectivity index (χ4v) is 2.28. The Morgan fingerprint density at radius 2 is 1.95 bits per heavy atom. The van der Waals surface area contributed by atoms with Crippen molar-refractivity contribution in [2.24, 2.45) is 0 Å². The Balaban J connectivity index is 1.70. The van der Waals surface area contributed by atoms with Crippen molar-refractivity contribution < 1.29 is 0 Å². The first-order valence-electron chi connectivity index (χ1n) is 6.68. The lowest BCUT2D eigenvalue weighted by molar-refractivity contribution is 0.880. The highest BCUT2D eigenvalue weighted by Gasteiger charge is 2.03. The van der Waals surface area contributed by atoms with Crippen LogP contribution in [-0.2, 0) is 6.54 Å². The third-order valence-corrected chi connectivity index (χ3v) is 3.40. The van der Waals surface area contributed by atoms with Crippen LogP contribution in [0.2, 0.25) is 5.15 Å². The van der Waals surface area contributed by atoms with Gasteiger partial charge in [0, 0.05) is 18.3 Å². The first-order chi connectivity index (χ1) is 10.2.